The number of aromatic nitrogens is 4. The zero-order chi connectivity index (χ0) is 20.5. The monoisotopic (exact) mass is 405 g/mol. The highest BCUT2D eigenvalue weighted by molar-refractivity contribution is 7.89. The minimum atomic E-state index is -3.81. The summed E-state index contributed by atoms with van der Waals surface area (Å²) in [5, 5.41) is 8.48. The van der Waals surface area contributed by atoms with E-state index < -0.39 is 10.0 Å². The molecule has 0 aliphatic heterocycles. The van der Waals surface area contributed by atoms with Gasteiger partial charge in [0.1, 0.15) is 10.7 Å². The quantitative estimate of drug-likeness (QED) is 0.606. The van der Waals surface area contributed by atoms with Crippen LogP contribution in [0.25, 0.3) is 0 Å². The molecule has 0 fully saturated rings. The lowest BCUT2D eigenvalue weighted by Crippen LogP contribution is -2.30. The average molecular weight is 405 g/mol. The molecule has 0 unspecified atom stereocenters. The normalized spacial score (nSPS) is 12.1. The predicted molar refractivity (Wildman–Crippen MR) is 103 cm³/mol. The number of benzene rings is 1. The standard InChI is InChI=1S/C19H24FN5O2S/c1-5-24-12-17(14(2)22-24)13-25(11-16-6-8-18(20)9-7-16)28(26,27)19-10-21-23(4)15(19)3/h6-10,12H,5,11,13H2,1-4H3. The lowest BCUT2D eigenvalue weighted by Gasteiger charge is -2.22. The fourth-order valence-corrected chi connectivity index (χ4v) is 4.55. The van der Waals surface area contributed by atoms with E-state index >= 15 is 0 Å². The molecule has 0 amide bonds. The third kappa shape index (κ3) is 4.00. The molecule has 9 heteroatoms. The lowest BCUT2D eigenvalue weighted by molar-refractivity contribution is 0.399. The van der Waals surface area contributed by atoms with E-state index in [1.807, 2.05) is 20.0 Å². The smallest absolute Gasteiger partial charge is 0.247 e. The van der Waals surface area contributed by atoms with Gasteiger partial charge >= 0.3 is 0 Å². The van der Waals surface area contributed by atoms with Gasteiger partial charge in [0.15, 0.2) is 0 Å². The first-order valence-electron chi connectivity index (χ1n) is 8.98. The first kappa shape index (κ1) is 20.2. The summed E-state index contributed by atoms with van der Waals surface area (Å²) in [6, 6.07) is 5.85. The maximum atomic E-state index is 13.4. The van der Waals surface area contributed by atoms with Gasteiger partial charge in [-0.05, 0) is 38.5 Å². The summed E-state index contributed by atoms with van der Waals surface area (Å²) in [4.78, 5) is 0.164. The van der Waals surface area contributed by atoms with Gasteiger partial charge in [0.05, 0.1) is 17.6 Å². The molecule has 7 nitrogen and oxygen atoms in total. The second-order valence-corrected chi connectivity index (χ2v) is 8.62. The Bertz CT molecular complexity index is 1070. The van der Waals surface area contributed by atoms with Crippen LogP contribution in [0.4, 0.5) is 4.39 Å². The van der Waals surface area contributed by atoms with Crippen molar-refractivity contribution in [2.75, 3.05) is 0 Å². The molecule has 3 aromatic rings. The van der Waals surface area contributed by atoms with Gasteiger partial charge in [-0.1, -0.05) is 12.1 Å². The van der Waals surface area contributed by atoms with Crippen LogP contribution in [0, 0.1) is 19.7 Å². The summed E-state index contributed by atoms with van der Waals surface area (Å²) in [7, 11) is -2.11. The van der Waals surface area contributed by atoms with Crippen molar-refractivity contribution in [1.82, 2.24) is 23.9 Å². The number of hydrogen-bond donors (Lipinski definition) is 0. The van der Waals surface area contributed by atoms with Crippen LogP contribution in [0.15, 0.2) is 41.6 Å². The van der Waals surface area contributed by atoms with Crippen molar-refractivity contribution in [3.8, 4) is 0 Å². The Morgan fingerprint density at radius 2 is 1.82 bits per heavy atom. The van der Waals surface area contributed by atoms with Crippen LogP contribution in [-0.4, -0.2) is 32.3 Å². The number of aryl methyl sites for hydroxylation is 3. The molecule has 0 radical (unpaired) electrons. The minimum Gasteiger partial charge on any atom is -0.272 e. The van der Waals surface area contributed by atoms with Gasteiger partial charge in [-0.15, -0.1) is 0 Å². The van der Waals surface area contributed by atoms with Crippen molar-refractivity contribution in [3.05, 3.63) is 65.0 Å². The molecule has 0 N–H and O–H groups in total. The van der Waals surface area contributed by atoms with Crippen molar-refractivity contribution in [3.63, 3.8) is 0 Å². The van der Waals surface area contributed by atoms with E-state index in [9.17, 15) is 12.8 Å². The van der Waals surface area contributed by atoms with Gasteiger partial charge in [0.2, 0.25) is 10.0 Å². The van der Waals surface area contributed by atoms with Crippen molar-refractivity contribution in [1.29, 1.82) is 0 Å². The Kier molecular flexibility index (Phi) is 5.66. The molecule has 0 saturated carbocycles. The summed E-state index contributed by atoms with van der Waals surface area (Å²) in [6.45, 7) is 6.54. The maximum absolute atomic E-state index is 13.4. The molecule has 0 aliphatic rings. The van der Waals surface area contributed by atoms with Crippen LogP contribution in [0.1, 0.15) is 29.4 Å². The second-order valence-electron chi connectivity index (χ2n) is 6.71. The third-order valence-corrected chi connectivity index (χ3v) is 6.69. The maximum Gasteiger partial charge on any atom is 0.247 e. The largest absolute Gasteiger partial charge is 0.272 e. The SMILES string of the molecule is CCn1cc(CN(Cc2ccc(F)cc2)S(=O)(=O)c2cnn(C)c2C)c(C)n1. The Balaban J connectivity index is 2.01. The summed E-state index contributed by atoms with van der Waals surface area (Å²) < 4.78 is 44.8. The average Bonchev–Trinajstić information content (AvgIpc) is 3.19. The van der Waals surface area contributed by atoms with Crippen LogP contribution >= 0.6 is 0 Å². The Morgan fingerprint density at radius 1 is 1.14 bits per heavy atom. The molecular formula is C19H24FN5O2S. The molecule has 0 bridgehead atoms. The topological polar surface area (TPSA) is 73.0 Å². The molecule has 0 atom stereocenters. The third-order valence-electron chi connectivity index (χ3n) is 4.80. The first-order valence-corrected chi connectivity index (χ1v) is 10.4. The Hall–Kier alpha value is -2.52. The number of sulfonamides is 1. The highest BCUT2D eigenvalue weighted by Gasteiger charge is 2.29. The number of rotatable bonds is 7. The highest BCUT2D eigenvalue weighted by atomic mass is 32.2. The van der Waals surface area contributed by atoms with Gasteiger partial charge in [-0.25, -0.2) is 12.8 Å². The summed E-state index contributed by atoms with van der Waals surface area (Å²) in [5.74, 6) is -0.360. The van der Waals surface area contributed by atoms with Crippen molar-refractivity contribution in [2.24, 2.45) is 7.05 Å². The molecule has 3 rings (SSSR count). The van der Waals surface area contributed by atoms with Gasteiger partial charge in [-0.3, -0.25) is 9.36 Å². The van der Waals surface area contributed by atoms with Crippen LogP contribution in [-0.2, 0) is 36.7 Å². The second kappa shape index (κ2) is 7.84. The molecule has 2 aromatic heterocycles. The van der Waals surface area contributed by atoms with E-state index in [1.165, 1.54) is 27.3 Å². The molecule has 28 heavy (non-hydrogen) atoms. The predicted octanol–water partition coefficient (Wildman–Crippen LogP) is 2.78. The van der Waals surface area contributed by atoms with E-state index in [4.69, 9.17) is 0 Å². The van der Waals surface area contributed by atoms with E-state index in [0.29, 0.717) is 17.8 Å². The van der Waals surface area contributed by atoms with E-state index in [1.54, 1.807) is 30.8 Å². The molecule has 0 spiro atoms. The van der Waals surface area contributed by atoms with Crippen LogP contribution in [0.2, 0.25) is 0 Å². The zero-order valence-electron chi connectivity index (χ0n) is 16.4. The Morgan fingerprint density at radius 3 is 2.36 bits per heavy atom. The van der Waals surface area contributed by atoms with Crippen molar-refractivity contribution >= 4 is 10.0 Å². The lowest BCUT2D eigenvalue weighted by atomic mass is 10.2. The minimum absolute atomic E-state index is 0.119. The molecular weight excluding hydrogens is 381 g/mol. The summed E-state index contributed by atoms with van der Waals surface area (Å²) in [6.07, 6.45) is 3.23. The number of hydrogen-bond acceptors (Lipinski definition) is 4. The van der Waals surface area contributed by atoms with E-state index in [2.05, 4.69) is 10.2 Å². The van der Waals surface area contributed by atoms with Crippen LogP contribution < -0.4 is 0 Å². The Labute approximate surface area is 164 Å². The molecule has 0 aliphatic carbocycles. The van der Waals surface area contributed by atoms with Gasteiger partial charge in [-0.2, -0.15) is 14.5 Å². The van der Waals surface area contributed by atoms with Crippen molar-refractivity contribution < 1.29 is 12.8 Å². The molecule has 0 saturated heterocycles. The molecule has 150 valence electrons. The van der Waals surface area contributed by atoms with Gasteiger partial charge < -0.3 is 0 Å². The number of halogens is 1. The van der Waals surface area contributed by atoms with Crippen LogP contribution in [0.5, 0.6) is 0 Å². The van der Waals surface area contributed by atoms with Gasteiger partial charge in [0.25, 0.3) is 0 Å². The van der Waals surface area contributed by atoms with E-state index in [-0.39, 0.29) is 23.8 Å². The van der Waals surface area contributed by atoms with E-state index in [0.717, 1.165) is 11.3 Å². The van der Waals surface area contributed by atoms with Gasteiger partial charge in [0, 0.05) is 38.4 Å². The zero-order valence-corrected chi connectivity index (χ0v) is 17.2. The van der Waals surface area contributed by atoms with Crippen LogP contribution in [0.3, 0.4) is 0 Å². The summed E-state index contributed by atoms with van der Waals surface area (Å²) in [5.41, 5.74) is 2.87. The fraction of sp³-hybridized carbons (Fsp3) is 0.368. The first-order chi connectivity index (χ1) is 13.2. The highest BCUT2D eigenvalue weighted by Crippen LogP contribution is 2.24. The number of nitrogens with zero attached hydrogens (tertiary/aromatic N) is 5. The fourth-order valence-electron chi connectivity index (χ4n) is 2.96. The molecule has 2 heterocycles. The molecule has 1 aromatic carbocycles. The summed E-state index contributed by atoms with van der Waals surface area (Å²) >= 11 is 0. The van der Waals surface area contributed by atoms with Crippen molar-refractivity contribution in [2.45, 2.75) is 45.3 Å².